The molecule has 0 radical (unpaired) electrons. The van der Waals surface area contributed by atoms with E-state index in [0.717, 1.165) is 32.6 Å². The molecule has 0 fully saturated rings. The zero-order valence-corrected chi connectivity index (χ0v) is 20.4. The summed E-state index contributed by atoms with van der Waals surface area (Å²) < 4.78 is 0. The monoisotopic (exact) mass is 411 g/mol. The van der Waals surface area contributed by atoms with E-state index < -0.39 is 0 Å². The standard InChI is InChI=1S/C17H30N2.C10H15N/c1-5-8-11-18-14-16-9-10-17(13-15(16)4)19(7-3)12-6-2;1-3-9-4-5-10(7-11)8(2)6-9/h9-10,13,18H,5-8,11-12,14H2,1-4H3;4-6H,3,7,11H2,1-2H3. The van der Waals surface area contributed by atoms with Gasteiger partial charge >= 0.3 is 0 Å². The van der Waals surface area contributed by atoms with Crippen LogP contribution in [0.25, 0.3) is 0 Å². The van der Waals surface area contributed by atoms with Gasteiger partial charge in [0.15, 0.2) is 0 Å². The summed E-state index contributed by atoms with van der Waals surface area (Å²) in [6.45, 7) is 18.2. The Morgan fingerprint density at radius 1 is 0.867 bits per heavy atom. The van der Waals surface area contributed by atoms with Gasteiger partial charge in [-0.1, -0.05) is 51.5 Å². The lowest BCUT2D eigenvalue weighted by molar-refractivity contribution is 0.640. The molecule has 3 heteroatoms. The van der Waals surface area contributed by atoms with Gasteiger partial charge in [-0.3, -0.25) is 0 Å². The molecule has 0 saturated carbocycles. The Bertz CT molecular complexity index is 724. The molecule has 30 heavy (non-hydrogen) atoms. The molecule has 0 aromatic heterocycles. The van der Waals surface area contributed by atoms with E-state index in [1.54, 1.807) is 0 Å². The van der Waals surface area contributed by atoms with Gasteiger partial charge in [-0.2, -0.15) is 0 Å². The minimum absolute atomic E-state index is 0.649. The van der Waals surface area contributed by atoms with Crippen LogP contribution in [-0.2, 0) is 19.5 Å². The fraction of sp³-hybridized carbons (Fsp3) is 0.556. The number of unbranched alkanes of at least 4 members (excludes halogenated alkanes) is 1. The van der Waals surface area contributed by atoms with Gasteiger partial charge in [0, 0.05) is 31.9 Å². The van der Waals surface area contributed by atoms with Gasteiger partial charge in [0.1, 0.15) is 0 Å². The largest absolute Gasteiger partial charge is 0.372 e. The molecular formula is C27H45N3. The molecule has 2 aromatic rings. The van der Waals surface area contributed by atoms with E-state index in [-0.39, 0.29) is 0 Å². The second-order valence-corrected chi connectivity index (χ2v) is 8.04. The fourth-order valence-electron chi connectivity index (χ4n) is 3.55. The molecule has 0 amide bonds. The third kappa shape index (κ3) is 8.89. The summed E-state index contributed by atoms with van der Waals surface area (Å²) >= 11 is 0. The molecule has 0 saturated heterocycles. The molecule has 0 atom stereocenters. The van der Waals surface area contributed by atoms with Crippen LogP contribution in [0, 0.1) is 13.8 Å². The van der Waals surface area contributed by atoms with Gasteiger partial charge < -0.3 is 16.0 Å². The van der Waals surface area contributed by atoms with E-state index in [9.17, 15) is 0 Å². The SMILES string of the molecule is CCCCNCc1ccc(N(CC)CCC)cc1C.CCc1ccc(CN)c(C)c1. The van der Waals surface area contributed by atoms with Crippen LogP contribution in [0.3, 0.4) is 0 Å². The Kier molecular flexibility index (Phi) is 13.1. The van der Waals surface area contributed by atoms with Crippen molar-refractivity contribution in [3.05, 3.63) is 64.2 Å². The number of benzene rings is 2. The maximum atomic E-state index is 5.54. The molecule has 0 spiro atoms. The Morgan fingerprint density at radius 2 is 1.57 bits per heavy atom. The Hall–Kier alpha value is -1.84. The van der Waals surface area contributed by atoms with Crippen molar-refractivity contribution in [2.45, 2.75) is 80.3 Å². The first-order chi connectivity index (χ1) is 14.5. The molecular weight excluding hydrogens is 366 g/mol. The average Bonchev–Trinajstić information content (AvgIpc) is 2.76. The fourth-order valence-corrected chi connectivity index (χ4v) is 3.55. The number of hydrogen-bond acceptors (Lipinski definition) is 3. The summed E-state index contributed by atoms with van der Waals surface area (Å²) in [7, 11) is 0. The lowest BCUT2D eigenvalue weighted by Gasteiger charge is -2.23. The van der Waals surface area contributed by atoms with Crippen LogP contribution < -0.4 is 16.0 Å². The number of anilines is 1. The molecule has 0 heterocycles. The molecule has 3 nitrogen and oxygen atoms in total. The van der Waals surface area contributed by atoms with Gasteiger partial charge in [-0.25, -0.2) is 0 Å². The summed E-state index contributed by atoms with van der Waals surface area (Å²) in [6, 6.07) is 13.4. The van der Waals surface area contributed by atoms with Crippen molar-refractivity contribution in [3.8, 4) is 0 Å². The molecule has 0 aliphatic heterocycles. The molecule has 0 aliphatic carbocycles. The highest BCUT2D eigenvalue weighted by Gasteiger charge is 2.05. The Morgan fingerprint density at radius 3 is 2.10 bits per heavy atom. The zero-order chi connectivity index (χ0) is 22.4. The maximum Gasteiger partial charge on any atom is 0.0368 e. The second kappa shape index (κ2) is 15.0. The summed E-state index contributed by atoms with van der Waals surface area (Å²) in [5.41, 5.74) is 13.7. The molecule has 2 rings (SSSR count). The normalized spacial score (nSPS) is 10.5. The van der Waals surface area contributed by atoms with E-state index in [4.69, 9.17) is 5.73 Å². The van der Waals surface area contributed by atoms with Gasteiger partial charge in [0.25, 0.3) is 0 Å². The quantitative estimate of drug-likeness (QED) is 0.437. The maximum absolute atomic E-state index is 5.54. The van der Waals surface area contributed by atoms with Crippen LogP contribution in [0.15, 0.2) is 36.4 Å². The second-order valence-electron chi connectivity index (χ2n) is 8.04. The third-order valence-electron chi connectivity index (χ3n) is 5.62. The van der Waals surface area contributed by atoms with Crippen molar-refractivity contribution in [3.63, 3.8) is 0 Å². The number of hydrogen-bond donors (Lipinski definition) is 2. The highest BCUT2D eigenvalue weighted by molar-refractivity contribution is 5.50. The van der Waals surface area contributed by atoms with Crippen molar-refractivity contribution in [2.24, 2.45) is 5.73 Å². The smallest absolute Gasteiger partial charge is 0.0368 e. The van der Waals surface area contributed by atoms with Crippen LogP contribution in [0.4, 0.5) is 5.69 Å². The highest BCUT2D eigenvalue weighted by Crippen LogP contribution is 2.19. The highest BCUT2D eigenvalue weighted by atomic mass is 15.1. The summed E-state index contributed by atoms with van der Waals surface area (Å²) in [5, 5.41) is 3.52. The van der Waals surface area contributed by atoms with Crippen molar-refractivity contribution < 1.29 is 0 Å². The minimum atomic E-state index is 0.649. The van der Waals surface area contributed by atoms with Gasteiger partial charge in [0.2, 0.25) is 0 Å². The van der Waals surface area contributed by atoms with E-state index in [1.165, 1.54) is 52.8 Å². The van der Waals surface area contributed by atoms with Crippen molar-refractivity contribution in [2.75, 3.05) is 24.5 Å². The Balaban J connectivity index is 0.000000346. The van der Waals surface area contributed by atoms with Crippen LogP contribution in [-0.4, -0.2) is 19.6 Å². The van der Waals surface area contributed by atoms with Crippen LogP contribution in [0.2, 0.25) is 0 Å². The van der Waals surface area contributed by atoms with E-state index in [0.29, 0.717) is 6.54 Å². The van der Waals surface area contributed by atoms with Crippen LogP contribution in [0.1, 0.15) is 74.8 Å². The average molecular weight is 412 g/mol. The number of aryl methyl sites for hydroxylation is 3. The van der Waals surface area contributed by atoms with Crippen molar-refractivity contribution in [1.82, 2.24) is 5.32 Å². The third-order valence-corrected chi connectivity index (χ3v) is 5.62. The lowest BCUT2D eigenvalue weighted by atomic mass is 10.0. The number of nitrogens with two attached hydrogens (primary N) is 1. The van der Waals surface area contributed by atoms with Crippen LogP contribution in [0.5, 0.6) is 0 Å². The molecule has 2 aromatic carbocycles. The number of nitrogens with zero attached hydrogens (tertiary/aromatic N) is 1. The van der Waals surface area contributed by atoms with Gasteiger partial charge in [0.05, 0.1) is 0 Å². The van der Waals surface area contributed by atoms with E-state index in [2.05, 4.69) is 88.2 Å². The minimum Gasteiger partial charge on any atom is -0.372 e. The predicted octanol–water partition coefficient (Wildman–Crippen LogP) is 6.14. The van der Waals surface area contributed by atoms with E-state index in [1.807, 2.05) is 0 Å². The van der Waals surface area contributed by atoms with Gasteiger partial charge in [-0.15, -0.1) is 0 Å². The first kappa shape index (κ1) is 26.2. The predicted molar refractivity (Wildman–Crippen MR) is 134 cm³/mol. The molecule has 3 N–H and O–H groups in total. The molecule has 0 bridgehead atoms. The van der Waals surface area contributed by atoms with Crippen molar-refractivity contribution >= 4 is 5.69 Å². The van der Waals surface area contributed by atoms with E-state index >= 15 is 0 Å². The lowest BCUT2D eigenvalue weighted by Crippen LogP contribution is -2.23. The van der Waals surface area contributed by atoms with Crippen LogP contribution >= 0.6 is 0 Å². The number of nitrogens with one attached hydrogen (secondary N) is 1. The number of rotatable bonds is 11. The molecule has 0 unspecified atom stereocenters. The summed E-state index contributed by atoms with van der Waals surface area (Å²) in [6.07, 6.45) is 4.82. The topological polar surface area (TPSA) is 41.3 Å². The zero-order valence-electron chi connectivity index (χ0n) is 20.4. The summed E-state index contributed by atoms with van der Waals surface area (Å²) in [4.78, 5) is 2.45. The molecule has 168 valence electrons. The first-order valence-corrected chi connectivity index (χ1v) is 11.8. The van der Waals surface area contributed by atoms with Gasteiger partial charge in [-0.05, 0) is 86.5 Å². The summed E-state index contributed by atoms with van der Waals surface area (Å²) in [5.74, 6) is 0. The molecule has 0 aliphatic rings. The van der Waals surface area contributed by atoms with Crippen molar-refractivity contribution in [1.29, 1.82) is 0 Å². The first-order valence-electron chi connectivity index (χ1n) is 11.8. The Labute approximate surface area is 186 Å².